The number of rotatable bonds is 5. The van der Waals surface area contributed by atoms with Gasteiger partial charge in [0.1, 0.15) is 11.4 Å². The van der Waals surface area contributed by atoms with Crippen molar-refractivity contribution in [1.29, 1.82) is 0 Å². The minimum Gasteiger partial charge on any atom is -0.494 e. The highest BCUT2D eigenvalue weighted by molar-refractivity contribution is 6.03. The van der Waals surface area contributed by atoms with E-state index in [1.54, 1.807) is 30.0 Å². The van der Waals surface area contributed by atoms with E-state index in [1.165, 1.54) is 0 Å². The van der Waals surface area contributed by atoms with E-state index in [4.69, 9.17) is 4.74 Å². The summed E-state index contributed by atoms with van der Waals surface area (Å²) in [7, 11) is 0. The number of amides is 2. The van der Waals surface area contributed by atoms with Gasteiger partial charge in [0.15, 0.2) is 0 Å². The molecule has 0 unspecified atom stereocenters. The van der Waals surface area contributed by atoms with E-state index >= 15 is 0 Å². The lowest BCUT2D eigenvalue weighted by atomic mass is 10.2. The Bertz CT molecular complexity index is 845. The lowest BCUT2D eigenvalue weighted by Crippen LogP contribution is -2.48. The number of benzene rings is 1. The van der Waals surface area contributed by atoms with Crippen LogP contribution in [0.1, 0.15) is 30.0 Å². The van der Waals surface area contributed by atoms with Gasteiger partial charge in [0.2, 0.25) is 11.9 Å². The number of piperazine rings is 1. The summed E-state index contributed by atoms with van der Waals surface area (Å²) in [6.07, 6.45) is 0. The second-order valence-corrected chi connectivity index (χ2v) is 6.60. The van der Waals surface area contributed by atoms with Crippen LogP contribution in [0, 0.1) is 6.92 Å². The second kappa shape index (κ2) is 8.69. The number of anilines is 2. The van der Waals surface area contributed by atoms with Crippen LogP contribution in [-0.4, -0.2) is 59.5 Å². The number of nitrogens with one attached hydrogen (secondary N) is 1. The largest absolute Gasteiger partial charge is 0.494 e. The summed E-state index contributed by atoms with van der Waals surface area (Å²) in [4.78, 5) is 36.8. The fraction of sp³-hybridized carbons (Fsp3) is 0.400. The second-order valence-electron chi connectivity index (χ2n) is 6.60. The Balaban J connectivity index is 1.70. The SMILES string of the molecule is CCOc1ccc(NC(=O)c2cc(C)nc(N3CCN(C(C)=O)CC3)n2)cc1. The average molecular weight is 383 g/mol. The molecule has 3 rings (SSSR count). The zero-order valence-electron chi connectivity index (χ0n) is 16.4. The van der Waals surface area contributed by atoms with Gasteiger partial charge in [0.25, 0.3) is 5.91 Å². The highest BCUT2D eigenvalue weighted by atomic mass is 16.5. The van der Waals surface area contributed by atoms with Crippen molar-refractivity contribution in [2.24, 2.45) is 0 Å². The molecule has 0 radical (unpaired) electrons. The molecule has 0 aliphatic carbocycles. The fourth-order valence-electron chi connectivity index (χ4n) is 3.03. The molecule has 0 spiro atoms. The Kier molecular flexibility index (Phi) is 6.08. The number of hydrogen-bond donors (Lipinski definition) is 1. The molecule has 8 heteroatoms. The molecule has 1 fully saturated rings. The van der Waals surface area contributed by atoms with Crippen molar-refractivity contribution in [3.05, 3.63) is 41.7 Å². The van der Waals surface area contributed by atoms with Crippen molar-refractivity contribution in [3.63, 3.8) is 0 Å². The Labute approximate surface area is 164 Å². The van der Waals surface area contributed by atoms with Crippen molar-refractivity contribution >= 4 is 23.5 Å². The zero-order chi connectivity index (χ0) is 20.1. The van der Waals surface area contributed by atoms with Gasteiger partial charge in [0, 0.05) is 44.5 Å². The monoisotopic (exact) mass is 383 g/mol. The van der Waals surface area contributed by atoms with Crippen LogP contribution in [-0.2, 0) is 4.79 Å². The van der Waals surface area contributed by atoms with Gasteiger partial charge in [0.05, 0.1) is 6.61 Å². The smallest absolute Gasteiger partial charge is 0.274 e. The summed E-state index contributed by atoms with van der Waals surface area (Å²) in [6, 6.07) is 8.87. The molecule has 148 valence electrons. The zero-order valence-corrected chi connectivity index (χ0v) is 16.4. The summed E-state index contributed by atoms with van der Waals surface area (Å²) in [5.74, 6) is 1.05. The third-order valence-electron chi connectivity index (χ3n) is 4.51. The van der Waals surface area contributed by atoms with Crippen LogP contribution in [0.2, 0.25) is 0 Å². The third kappa shape index (κ3) is 4.76. The van der Waals surface area contributed by atoms with Crippen LogP contribution in [0.15, 0.2) is 30.3 Å². The average Bonchev–Trinajstić information content (AvgIpc) is 2.69. The van der Waals surface area contributed by atoms with Gasteiger partial charge in [-0.2, -0.15) is 0 Å². The molecule has 28 heavy (non-hydrogen) atoms. The number of aryl methyl sites for hydroxylation is 1. The minimum absolute atomic E-state index is 0.0697. The lowest BCUT2D eigenvalue weighted by Gasteiger charge is -2.34. The van der Waals surface area contributed by atoms with Crippen LogP contribution in [0.3, 0.4) is 0 Å². The predicted molar refractivity (Wildman–Crippen MR) is 107 cm³/mol. The Morgan fingerprint density at radius 3 is 2.39 bits per heavy atom. The molecule has 8 nitrogen and oxygen atoms in total. The molecule has 1 N–H and O–H groups in total. The summed E-state index contributed by atoms with van der Waals surface area (Å²) in [5, 5.41) is 2.85. The third-order valence-corrected chi connectivity index (χ3v) is 4.51. The Morgan fingerprint density at radius 1 is 1.11 bits per heavy atom. The maximum Gasteiger partial charge on any atom is 0.274 e. The first-order valence-electron chi connectivity index (χ1n) is 9.36. The van der Waals surface area contributed by atoms with E-state index in [1.807, 2.05) is 30.9 Å². The van der Waals surface area contributed by atoms with E-state index in [0.29, 0.717) is 50.1 Å². The fourth-order valence-corrected chi connectivity index (χ4v) is 3.03. The first-order valence-corrected chi connectivity index (χ1v) is 9.36. The predicted octanol–water partition coefficient (Wildman–Crippen LogP) is 2.10. The summed E-state index contributed by atoms with van der Waals surface area (Å²) < 4.78 is 5.41. The molecule has 1 aromatic carbocycles. The van der Waals surface area contributed by atoms with E-state index in [0.717, 1.165) is 11.4 Å². The van der Waals surface area contributed by atoms with Gasteiger partial charge in [-0.25, -0.2) is 9.97 Å². The van der Waals surface area contributed by atoms with E-state index < -0.39 is 0 Å². The van der Waals surface area contributed by atoms with Crippen LogP contribution >= 0.6 is 0 Å². The molecular weight excluding hydrogens is 358 g/mol. The number of aromatic nitrogens is 2. The molecule has 0 atom stereocenters. The molecular formula is C20H25N5O3. The molecule has 2 aromatic rings. The summed E-state index contributed by atoms with van der Waals surface area (Å²) >= 11 is 0. The number of hydrogen-bond acceptors (Lipinski definition) is 6. The van der Waals surface area contributed by atoms with Gasteiger partial charge >= 0.3 is 0 Å². The molecule has 0 bridgehead atoms. The van der Waals surface area contributed by atoms with Crippen molar-refractivity contribution in [2.45, 2.75) is 20.8 Å². The molecule has 1 aromatic heterocycles. The highest BCUT2D eigenvalue weighted by Gasteiger charge is 2.22. The van der Waals surface area contributed by atoms with Crippen molar-refractivity contribution in [2.75, 3.05) is 43.0 Å². The molecule has 1 saturated heterocycles. The topological polar surface area (TPSA) is 87.7 Å². The van der Waals surface area contributed by atoms with Gasteiger partial charge < -0.3 is 19.9 Å². The molecule has 2 heterocycles. The van der Waals surface area contributed by atoms with Crippen LogP contribution in [0.5, 0.6) is 5.75 Å². The van der Waals surface area contributed by atoms with Crippen molar-refractivity contribution in [1.82, 2.24) is 14.9 Å². The molecule has 1 aliphatic rings. The number of carbonyl (C=O) groups excluding carboxylic acids is 2. The standard InChI is InChI=1S/C20H25N5O3/c1-4-28-17-7-5-16(6-8-17)22-19(27)18-13-14(2)21-20(23-18)25-11-9-24(10-12-25)15(3)26/h5-8,13H,4,9-12H2,1-3H3,(H,22,27). The maximum atomic E-state index is 12.6. The lowest BCUT2D eigenvalue weighted by molar-refractivity contribution is -0.129. The number of ether oxygens (including phenoxy) is 1. The minimum atomic E-state index is -0.293. The van der Waals surface area contributed by atoms with E-state index in [9.17, 15) is 9.59 Å². The molecule has 1 aliphatic heterocycles. The van der Waals surface area contributed by atoms with Crippen LogP contribution in [0.25, 0.3) is 0 Å². The van der Waals surface area contributed by atoms with Crippen LogP contribution < -0.4 is 15.0 Å². The van der Waals surface area contributed by atoms with E-state index in [2.05, 4.69) is 15.3 Å². The van der Waals surface area contributed by atoms with Gasteiger partial charge in [-0.15, -0.1) is 0 Å². The first-order chi connectivity index (χ1) is 13.5. The Morgan fingerprint density at radius 2 is 1.79 bits per heavy atom. The Hall–Kier alpha value is -3.16. The van der Waals surface area contributed by atoms with Crippen molar-refractivity contribution < 1.29 is 14.3 Å². The molecule has 2 amide bonds. The quantitative estimate of drug-likeness (QED) is 0.851. The summed E-state index contributed by atoms with van der Waals surface area (Å²) in [5.41, 5.74) is 1.70. The summed E-state index contributed by atoms with van der Waals surface area (Å²) in [6.45, 7) is 8.46. The number of carbonyl (C=O) groups is 2. The maximum absolute atomic E-state index is 12.6. The van der Waals surface area contributed by atoms with Crippen LogP contribution in [0.4, 0.5) is 11.6 Å². The van der Waals surface area contributed by atoms with E-state index in [-0.39, 0.29) is 11.8 Å². The van der Waals surface area contributed by atoms with Gasteiger partial charge in [-0.3, -0.25) is 9.59 Å². The van der Waals surface area contributed by atoms with Gasteiger partial charge in [-0.05, 0) is 44.2 Å². The molecule has 0 saturated carbocycles. The first kappa shape index (κ1) is 19.6. The van der Waals surface area contributed by atoms with Crippen molar-refractivity contribution in [3.8, 4) is 5.75 Å². The number of nitrogens with zero attached hydrogens (tertiary/aromatic N) is 4. The highest BCUT2D eigenvalue weighted by Crippen LogP contribution is 2.18. The van der Waals surface area contributed by atoms with Gasteiger partial charge in [-0.1, -0.05) is 0 Å². The normalized spacial score (nSPS) is 14.0.